The predicted molar refractivity (Wildman–Crippen MR) is 66.3 cm³/mol. The number of rotatable bonds is 6. The van der Waals surface area contributed by atoms with Gasteiger partial charge in [-0.1, -0.05) is 6.92 Å². The minimum Gasteiger partial charge on any atom is -0.314 e. The number of aromatic nitrogens is 1. The Morgan fingerprint density at radius 2 is 2.27 bits per heavy atom. The van der Waals surface area contributed by atoms with Gasteiger partial charge in [0.2, 0.25) is 0 Å². The van der Waals surface area contributed by atoms with Crippen molar-refractivity contribution >= 4 is 11.3 Å². The monoisotopic (exact) mass is 227 g/mol. The van der Waals surface area contributed by atoms with Gasteiger partial charge in [0.25, 0.3) is 0 Å². The fourth-order valence-electron chi connectivity index (χ4n) is 1.28. The smallest absolute Gasteiger partial charge is 0.109 e. The molecule has 0 saturated heterocycles. The molecule has 0 saturated carbocycles. The predicted octanol–water partition coefficient (Wildman–Crippen LogP) is 2.18. The van der Waals surface area contributed by atoms with E-state index in [9.17, 15) is 0 Å². The van der Waals surface area contributed by atoms with Gasteiger partial charge in [0.05, 0.1) is 6.04 Å². The highest BCUT2D eigenvalue weighted by atomic mass is 32.1. The normalized spacial score (nSPS) is 14.1. The second-order valence-corrected chi connectivity index (χ2v) is 5.27. The zero-order valence-corrected chi connectivity index (χ0v) is 10.8. The number of thiazole rings is 1. The molecular formula is C11H21N3S. The van der Waals surface area contributed by atoms with E-state index in [4.69, 9.17) is 0 Å². The average molecular weight is 227 g/mol. The molecule has 0 bridgehead atoms. The summed E-state index contributed by atoms with van der Waals surface area (Å²) in [6.07, 6.45) is 2.95. The summed E-state index contributed by atoms with van der Waals surface area (Å²) in [4.78, 5) is 4.35. The molecule has 0 aliphatic carbocycles. The highest BCUT2D eigenvalue weighted by Gasteiger charge is 2.18. The van der Waals surface area contributed by atoms with E-state index >= 15 is 0 Å². The summed E-state index contributed by atoms with van der Waals surface area (Å²) in [5.41, 5.74) is 0.130. The third kappa shape index (κ3) is 3.89. The summed E-state index contributed by atoms with van der Waals surface area (Å²) in [5, 5.41) is 10.1. The van der Waals surface area contributed by atoms with Crippen LogP contribution < -0.4 is 10.6 Å². The Labute approximate surface area is 96.3 Å². The van der Waals surface area contributed by atoms with Gasteiger partial charge in [-0.05, 0) is 27.3 Å². The molecule has 1 atom stereocenters. The molecule has 3 nitrogen and oxygen atoms in total. The summed E-state index contributed by atoms with van der Waals surface area (Å²) in [6, 6.07) is 0.387. The van der Waals surface area contributed by atoms with Crippen LogP contribution in [0, 0.1) is 0 Å². The average Bonchev–Trinajstić information content (AvgIpc) is 2.72. The van der Waals surface area contributed by atoms with Gasteiger partial charge >= 0.3 is 0 Å². The number of nitrogens with zero attached hydrogens (tertiary/aromatic N) is 1. The lowest BCUT2D eigenvalue weighted by atomic mass is 10.1. The van der Waals surface area contributed by atoms with E-state index in [0.717, 1.165) is 13.0 Å². The highest BCUT2D eigenvalue weighted by Crippen LogP contribution is 2.19. The number of hydrogen-bond acceptors (Lipinski definition) is 4. The molecule has 2 N–H and O–H groups in total. The largest absolute Gasteiger partial charge is 0.314 e. The number of nitrogens with one attached hydrogen (secondary N) is 2. The fourth-order valence-corrected chi connectivity index (χ4v) is 2.08. The van der Waals surface area contributed by atoms with Crippen LogP contribution >= 0.6 is 11.3 Å². The van der Waals surface area contributed by atoms with Crippen molar-refractivity contribution < 1.29 is 0 Å². The lowest BCUT2D eigenvalue weighted by Gasteiger charge is -2.27. The van der Waals surface area contributed by atoms with Crippen LogP contribution in [-0.4, -0.2) is 24.1 Å². The molecule has 1 aromatic heterocycles. The lowest BCUT2D eigenvalue weighted by Crippen LogP contribution is -2.46. The Balaban J connectivity index is 2.49. The summed E-state index contributed by atoms with van der Waals surface area (Å²) >= 11 is 1.72. The molecule has 0 amide bonds. The molecule has 0 spiro atoms. The Morgan fingerprint density at radius 1 is 1.53 bits per heavy atom. The van der Waals surface area contributed by atoms with Crippen molar-refractivity contribution in [3.05, 3.63) is 16.6 Å². The molecule has 15 heavy (non-hydrogen) atoms. The minimum absolute atomic E-state index is 0.130. The SMILES string of the molecule is CCC(NCC(C)(C)NC)c1nccs1. The summed E-state index contributed by atoms with van der Waals surface area (Å²) < 4.78 is 0. The van der Waals surface area contributed by atoms with E-state index in [1.54, 1.807) is 11.3 Å². The van der Waals surface area contributed by atoms with Crippen LogP contribution in [0.5, 0.6) is 0 Å². The Bertz CT molecular complexity index is 269. The van der Waals surface area contributed by atoms with Crippen molar-refractivity contribution in [3.8, 4) is 0 Å². The van der Waals surface area contributed by atoms with Crippen LogP contribution in [0.1, 0.15) is 38.2 Å². The van der Waals surface area contributed by atoms with Crippen molar-refractivity contribution in [2.24, 2.45) is 0 Å². The third-order valence-corrected chi connectivity index (χ3v) is 3.51. The fraction of sp³-hybridized carbons (Fsp3) is 0.727. The first-order valence-electron chi connectivity index (χ1n) is 5.40. The molecule has 0 aromatic carbocycles. The second-order valence-electron chi connectivity index (χ2n) is 4.35. The molecule has 1 rings (SSSR count). The molecule has 0 radical (unpaired) electrons. The van der Waals surface area contributed by atoms with Gasteiger partial charge in [0, 0.05) is 23.7 Å². The van der Waals surface area contributed by atoms with Gasteiger partial charge in [-0.15, -0.1) is 11.3 Å². The first-order chi connectivity index (χ1) is 7.09. The maximum Gasteiger partial charge on any atom is 0.109 e. The summed E-state index contributed by atoms with van der Waals surface area (Å²) in [6.45, 7) is 7.51. The Morgan fingerprint density at radius 3 is 2.73 bits per heavy atom. The second kappa shape index (κ2) is 5.58. The van der Waals surface area contributed by atoms with Gasteiger partial charge < -0.3 is 10.6 Å². The van der Waals surface area contributed by atoms with Gasteiger partial charge in [-0.2, -0.15) is 0 Å². The van der Waals surface area contributed by atoms with Crippen LogP contribution in [0.15, 0.2) is 11.6 Å². The van der Waals surface area contributed by atoms with E-state index in [-0.39, 0.29) is 5.54 Å². The van der Waals surface area contributed by atoms with Crippen molar-refractivity contribution in [2.75, 3.05) is 13.6 Å². The zero-order chi connectivity index (χ0) is 11.3. The van der Waals surface area contributed by atoms with E-state index in [1.807, 2.05) is 18.6 Å². The summed E-state index contributed by atoms with van der Waals surface area (Å²) in [7, 11) is 1.99. The molecule has 1 unspecified atom stereocenters. The van der Waals surface area contributed by atoms with Crippen LogP contribution in [0.2, 0.25) is 0 Å². The van der Waals surface area contributed by atoms with Gasteiger partial charge in [0.1, 0.15) is 5.01 Å². The first kappa shape index (κ1) is 12.6. The molecule has 0 aliphatic heterocycles. The maximum absolute atomic E-state index is 4.35. The highest BCUT2D eigenvalue weighted by molar-refractivity contribution is 7.09. The molecule has 0 aliphatic rings. The first-order valence-corrected chi connectivity index (χ1v) is 6.28. The Hall–Kier alpha value is -0.450. The van der Waals surface area contributed by atoms with Crippen molar-refractivity contribution in [2.45, 2.75) is 38.8 Å². The quantitative estimate of drug-likeness (QED) is 0.782. The minimum atomic E-state index is 0.130. The molecule has 1 aromatic rings. The van der Waals surface area contributed by atoms with E-state index in [1.165, 1.54) is 5.01 Å². The van der Waals surface area contributed by atoms with E-state index in [0.29, 0.717) is 6.04 Å². The maximum atomic E-state index is 4.35. The topological polar surface area (TPSA) is 37.0 Å². The molecule has 86 valence electrons. The molecule has 4 heteroatoms. The van der Waals surface area contributed by atoms with Gasteiger partial charge in [-0.25, -0.2) is 4.98 Å². The Kier molecular flexibility index (Phi) is 4.70. The number of likely N-dealkylation sites (N-methyl/N-ethyl adjacent to an activating group) is 1. The lowest BCUT2D eigenvalue weighted by molar-refractivity contribution is 0.364. The standard InChI is InChI=1S/C11H21N3S/c1-5-9(10-13-6-7-15-10)14-8-11(2,3)12-4/h6-7,9,12,14H,5,8H2,1-4H3. The van der Waals surface area contributed by atoms with Crippen LogP contribution in [-0.2, 0) is 0 Å². The third-order valence-electron chi connectivity index (χ3n) is 2.62. The van der Waals surface area contributed by atoms with Crippen LogP contribution in [0.4, 0.5) is 0 Å². The molecule has 1 heterocycles. The van der Waals surface area contributed by atoms with Gasteiger partial charge in [-0.3, -0.25) is 0 Å². The van der Waals surface area contributed by atoms with Gasteiger partial charge in [0.15, 0.2) is 0 Å². The van der Waals surface area contributed by atoms with E-state index < -0.39 is 0 Å². The van der Waals surface area contributed by atoms with Crippen molar-refractivity contribution in [3.63, 3.8) is 0 Å². The molecular weight excluding hydrogens is 206 g/mol. The van der Waals surface area contributed by atoms with E-state index in [2.05, 4.69) is 36.4 Å². The number of hydrogen-bond donors (Lipinski definition) is 2. The van der Waals surface area contributed by atoms with Crippen molar-refractivity contribution in [1.29, 1.82) is 0 Å². The zero-order valence-electron chi connectivity index (χ0n) is 10.0. The molecule has 0 fully saturated rings. The summed E-state index contributed by atoms with van der Waals surface area (Å²) in [5.74, 6) is 0. The van der Waals surface area contributed by atoms with Crippen LogP contribution in [0.25, 0.3) is 0 Å². The van der Waals surface area contributed by atoms with Crippen molar-refractivity contribution in [1.82, 2.24) is 15.6 Å². The van der Waals surface area contributed by atoms with Crippen LogP contribution in [0.3, 0.4) is 0 Å².